The summed E-state index contributed by atoms with van der Waals surface area (Å²) in [6.45, 7) is 2.80. The summed E-state index contributed by atoms with van der Waals surface area (Å²) in [7, 11) is 0. The van der Waals surface area contributed by atoms with Gasteiger partial charge in [0.2, 0.25) is 5.88 Å². The monoisotopic (exact) mass is 255 g/mol. The van der Waals surface area contributed by atoms with Gasteiger partial charge in [0.05, 0.1) is 11.9 Å². The molecule has 1 aliphatic rings. The number of ether oxygens (including phenoxy) is 1. The Bertz CT molecular complexity index is 550. The van der Waals surface area contributed by atoms with Gasteiger partial charge in [-0.3, -0.25) is 4.98 Å². The molecule has 0 saturated heterocycles. The van der Waals surface area contributed by atoms with Crippen LogP contribution in [-0.2, 0) is 6.54 Å². The van der Waals surface area contributed by atoms with E-state index in [0.717, 1.165) is 18.0 Å². The molecule has 0 unspecified atom stereocenters. The molecule has 0 aliphatic heterocycles. The fourth-order valence-corrected chi connectivity index (χ4v) is 1.78. The molecule has 1 N–H and O–H groups in total. The fourth-order valence-electron chi connectivity index (χ4n) is 1.78. The summed E-state index contributed by atoms with van der Waals surface area (Å²) in [5.74, 6) is 1.33. The van der Waals surface area contributed by atoms with Crippen LogP contribution in [-0.4, -0.2) is 16.0 Å². The number of aromatic nitrogens is 2. The van der Waals surface area contributed by atoms with Crippen molar-refractivity contribution in [1.29, 1.82) is 0 Å². The molecule has 3 rings (SSSR count). The zero-order valence-electron chi connectivity index (χ0n) is 11.0. The van der Waals surface area contributed by atoms with E-state index in [1.165, 1.54) is 18.4 Å². The van der Waals surface area contributed by atoms with Crippen molar-refractivity contribution in [2.24, 2.45) is 0 Å². The highest BCUT2D eigenvalue weighted by Gasteiger charge is 2.20. The molecule has 4 heteroatoms. The minimum atomic E-state index is 0.541. The minimum absolute atomic E-state index is 0.541. The second kappa shape index (κ2) is 5.36. The summed E-state index contributed by atoms with van der Waals surface area (Å²) in [5, 5.41) is 3.41. The van der Waals surface area contributed by atoms with Gasteiger partial charge < -0.3 is 10.1 Å². The lowest BCUT2D eigenvalue weighted by molar-refractivity contribution is 0.456. The van der Waals surface area contributed by atoms with Gasteiger partial charge in [0.25, 0.3) is 0 Å². The lowest BCUT2D eigenvalue weighted by Crippen LogP contribution is -2.16. The van der Waals surface area contributed by atoms with Crippen LogP contribution in [0.3, 0.4) is 0 Å². The van der Waals surface area contributed by atoms with Crippen LogP contribution in [0, 0.1) is 6.92 Å². The lowest BCUT2D eigenvalue weighted by Gasteiger charge is -2.07. The van der Waals surface area contributed by atoms with Crippen LogP contribution in [0.25, 0.3) is 0 Å². The normalized spacial score (nSPS) is 14.4. The first-order chi connectivity index (χ1) is 9.29. The highest BCUT2D eigenvalue weighted by atomic mass is 16.5. The van der Waals surface area contributed by atoms with E-state index in [9.17, 15) is 0 Å². The van der Waals surface area contributed by atoms with Crippen molar-refractivity contribution in [3.8, 4) is 11.6 Å². The first kappa shape index (κ1) is 12.1. The van der Waals surface area contributed by atoms with Gasteiger partial charge in [-0.25, -0.2) is 4.98 Å². The third-order valence-corrected chi connectivity index (χ3v) is 3.05. The zero-order valence-corrected chi connectivity index (χ0v) is 11.0. The molecule has 0 spiro atoms. The van der Waals surface area contributed by atoms with Crippen LogP contribution < -0.4 is 10.1 Å². The van der Waals surface area contributed by atoms with Gasteiger partial charge in [-0.15, -0.1) is 0 Å². The van der Waals surface area contributed by atoms with Crippen molar-refractivity contribution in [2.45, 2.75) is 32.4 Å². The molecule has 1 saturated carbocycles. The largest absolute Gasteiger partial charge is 0.437 e. The van der Waals surface area contributed by atoms with E-state index in [0.29, 0.717) is 11.9 Å². The summed E-state index contributed by atoms with van der Waals surface area (Å²) >= 11 is 0. The molecule has 1 aliphatic carbocycles. The van der Waals surface area contributed by atoms with Gasteiger partial charge in [-0.05, 0) is 31.9 Å². The predicted octanol–water partition coefficient (Wildman–Crippen LogP) is 2.83. The third kappa shape index (κ3) is 3.51. The standard InChI is InChI=1S/C15H17N3O/c1-11-2-6-14(7-3-11)19-15-10-16-8-13(18-15)9-17-12-4-5-12/h2-3,6-8,10,12,17H,4-5,9H2,1H3. The highest BCUT2D eigenvalue weighted by Crippen LogP contribution is 2.21. The number of hydrogen-bond donors (Lipinski definition) is 1. The van der Waals surface area contributed by atoms with Crippen molar-refractivity contribution in [3.63, 3.8) is 0 Å². The molecule has 1 fully saturated rings. The molecule has 0 bridgehead atoms. The molecule has 0 radical (unpaired) electrons. The first-order valence-corrected chi connectivity index (χ1v) is 6.58. The number of rotatable bonds is 5. The number of benzene rings is 1. The molecule has 0 atom stereocenters. The number of aryl methyl sites for hydroxylation is 1. The molecule has 1 heterocycles. The van der Waals surface area contributed by atoms with Crippen molar-refractivity contribution in [2.75, 3.05) is 0 Å². The van der Waals surface area contributed by atoms with Crippen molar-refractivity contribution in [3.05, 3.63) is 47.9 Å². The average molecular weight is 255 g/mol. The first-order valence-electron chi connectivity index (χ1n) is 6.58. The smallest absolute Gasteiger partial charge is 0.238 e. The maximum absolute atomic E-state index is 5.70. The van der Waals surface area contributed by atoms with E-state index in [1.807, 2.05) is 31.2 Å². The minimum Gasteiger partial charge on any atom is -0.437 e. The summed E-state index contributed by atoms with van der Waals surface area (Å²) in [6, 6.07) is 8.57. The van der Waals surface area contributed by atoms with E-state index in [1.54, 1.807) is 12.4 Å². The SMILES string of the molecule is Cc1ccc(Oc2cncc(CNC3CC3)n2)cc1. The molecule has 1 aromatic carbocycles. The number of nitrogens with zero attached hydrogens (tertiary/aromatic N) is 2. The predicted molar refractivity (Wildman–Crippen MR) is 73.1 cm³/mol. The summed E-state index contributed by atoms with van der Waals surface area (Å²) < 4.78 is 5.70. The van der Waals surface area contributed by atoms with Crippen LogP contribution >= 0.6 is 0 Å². The van der Waals surface area contributed by atoms with Gasteiger partial charge in [0.15, 0.2) is 0 Å². The Morgan fingerprint density at radius 1 is 1.21 bits per heavy atom. The van der Waals surface area contributed by atoms with E-state index >= 15 is 0 Å². The van der Waals surface area contributed by atoms with E-state index in [2.05, 4.69) is 15.3 Å². The van der Waals surface area contributed by atoms with Crippen LogP contribution in [0.2, 0.25) is 0 Å². The van der Waals surface area contributed by atoms with Crippen LogP contribution in [0.5, 0.6) is 11.6 Å². The van der Waals surface area contributed by atoms with Gasteiger partial charge in [0, 0.05) is 18.8 Å². The summed E-state index contributed by atoms with van der Waals surface area (Å²) in [5.41, 5.74) is 2.12. The maximum Gasteiger partial charge on any atom is 0.238 e. The van der Waals surface area contributed by atoms with Crippen LogP contribution in [0.4, 0.5) is 0 Å². The van der Waals surface area contributed by atoms with Gasteiger partial charge in [-0.2, -0.15) is 0 Å². The Labute approximate surface area is 112 Å². The molecule has 2 aromatic rings. The Hall–Kier alpha value is -1.94. The third-order valence-electron chi connectivity index (χ3n) is 3.05. The van der Waals surface area contributed by atoms with Crippen LogP contribution in [0.15, 0.2) is 36.7 Å². The summed E-state index contributed by atoms with van der Waals surface area (Å²) in [6.07, 6.45) is 5.96. The maximum atomic E-state index is 5.70. The summed E-state index contributed by atoms with van der Waals surface area (Å²) in [4.78, 5) is 8.61. The van der Waals surface area contributed by atoms with E-state index in [4.69, 9.17) is 4.74 Å². The van der Waals surface area contributed by atoms with E-state index in [-0.39, 0.29) is 0 Å². The van der Waals surface area contributed by atoms with Gasteiger partial charge in [0.1, 0.15) is 5.75 Å². The molecule has 4 nitrogen and oxygen atoms in total. The van der Waals surface area contributed by atoms with Gasteiger partial charge >= 0.3 is 0 Å². The van der Waals surface area contributed by atoms with Gasteiger partial charge in [-0.1, -0.05) is 17.7 Å². The second-order valence-electron chi connectivity index (χ2n) is 4.92. The highest BCUT2D eigenvalue weighted by molar-refractivity contribution is 5.29. The fraction of sp³-hybridized carbons (Fsp3) is 0.333. The molecule has 0 amide bonds. The second-order valence-corrected chi connectivity index (χ2v) is 4.92. The van der Waals surface area contributed by atoms with Crippen molar-refractivity contribution < 1.29 is 4.74 Å². The van der Waals surface area contributed by atoms with Crippen molar-refractivity contribution in [1.82, 2.24) is 15.3 Å². The topological polar surface area (TPSA) is 47.0 Å². The average Bonchev–Trinajstić information content (AvgIpc) is 3.24. The Morgan fingerprint density at radius 3 is 2.74 bits per heavy atom. The number of nitrogens with one attached hydrogen (secondary N) is 1. The van der Waals surface area contributed by atoms with Crippen molar-refractivity contribution >= 4 is 0 Å². The van der Waals surface area contributed by atoms with Crippen LogP contribution in [0.1, 0.15) is 24.1 Å². The quantitative estimate of drug-likeness (QED) is 0.892. The number of hydrogen-bond acceptors (Lipinski definition) is 4. The van der Waals surface area contributed by atoms with E-state index < -0.39 is 0 Å². The molecule has 1 aromatic heterocycles. The lowest BCUT2D eigenvalue weighted by atomic mass is 10.2. The molecule has 98 valence electrons. The molecular formula is C15H17N3O. The molecular weight excluding hydrogens is 238 g/mol. The Kier molecular flexibility index (Phi) is 3.42. The Balaban J connectivity index is 1.66. The Morgan fingerprint density at radius 2 is 2.00 bits per heavy atom. The molecule has 19 heavy (non-hydrogen) atoms. The zero-order chi connectivity index (χ0) is 13.1.